The van der Waals surface area contributed by atoms with Crippen molar-refractivity contribution in [3.8, 4) is 5.75 Å². The molecule has 5 nitrogen and oxygen atoms in total. The topological polar surface area (TPSA) is 59.0 Å². The Balaban J connectivity index is 1.74. The maximum atomic E-state index is 13.0. The van der Waals surface area contributed by atoms with Crippen molar-refractivity contribution in [1.82, 2.24) is 0 Å². The van der Waals surface area contributed by atoms with Gasteiger partial charge in [-0.15, -0.1) is 11.3 Å². The van der Waals surface area contributed by atoms with Gasteiger partial charge in [-0.3, -0.25) is 19.5 Å². The minimum atomic E-state index is -0.207. The maximum absolute atomic E-state index is 13.0. The van der Waals surface area contributed by atoms with E-state index in [1.807, 2.05) is 32.0 Å². The Morgan fingerprint density at radius 3 is 2.61 bits per heavy atom. The predicted octanol–water partition coefficient (Wildman–Crippen LogP) is 5.09. The van der Waals surface area contributed by atoms with E-state index in [0.717, 1.165) is 32.3 Å². The average Bonchev–Trinajstić information content (AvgIpc) is 2.98. The number of thiophene rings is 1. The van der Waals surface area contributed by atoms with E-state index < -0.39 is 0 Å². The van der Waals surface area contributed by atoms with Crippen molar-refractivity contribution in [2.24, 2.45) is 4.99 Å². The minimum Gasteiger partial charge on any atom is -0.497 e. The molecule has 0 saturated heterocycles. The zero-order valence-corrected chi connectivity index (χ0v) is 19.0. The Labute approximate surface area is 189 Å². The van der Waals surface area contributed by atoms with Crippen LogP contribution in [0.25, 0.3) is 0 Å². The molecule has 2 heterocycles. The van der Waals surface area contributed by atoms with Crippen LogP contribution in [0.15, 0.2) is 53.5 Å². The first-order valence-electron chi connectivity index (χ1n) is 9.77. The van der Waals surface area contributed by atoms with Gasteiger partial charge in [-0.1, -0.05) is 23.7 Å². The Hall–Kier alpha value is -2.96. The lowest BCUT2D eigenvalue weighted by Gasteiger charge is -2.20. The number of halogens is 1. The molecule has 7 heteroatoms. The van der Waals surface area contributed by atoms with E-state index >= 15 is 0 Å². The molecule has 31 heavy (non-hydrogen) atoms. The van der Waals surface area contributed by atoms with E-state index in [4.69, 9.17) is 16.3 Å². The van der Waals surface area contributed by atoms with E-state index in [0.29, 0.717) is 16.3 Å². The lowest BCUT2D eigenvalue weighted by Crippen LogP contribution is -2.36. The number of benzene rings is 2. The molecule has 0 spiro atoms. The van der Waals surface area contributed by atoms with Crippen molar-refractivity contribution in [2.45, 2.75) is 13.8 Å². The largest absolute Gasteiger partial charge is 0.497 e. The monoisotopic (exact) mass is 452 g/mol. The molecule has 0 fully saturated rings. The van der Waals surface area contributed by atoms with Crippen molar-refractivity contribution in [2.75, 3.05) is 25.1 Å². The second-order valence-electron chi connectivity index (χ2n) is 7.27. The third-order valence-corrected chi connectivity index (χ3v) is 6.80. The molecule has 2 aromatic carbocycles. The van der Waals surface area contributed by atoms with Crippen LogP contribution in [0.5, 0.6) is 5.75 Å². The molecule has 0 radical (unpaired) electrons. The van der Waals surface area contributed by atoms with Crippen molar-refractivity contribution in [1.29, 1.82) is 0 Å². The normalized spacial score (nSPS) is 13.5. The number of ketones is 1. The number of rotatable bonds is 5. The molecule has 0 N–H and O–H groups in total. The van der Waals surface area contributed by atoms with Gasteiger partial charge in [0, 0.05) is 26.6 Å². The molecule has 158 valence electrons. The summed E-state index contributed by atoms with van der Waals surface area (Å²) >= 11 is 7.72. The van der Waals surface area contributed by atoms with Gasteiger partial charge < -0.3 is 4.74 Å². The molecular formula is C24H21ClN2O3S. The highest BCUT2D eigenvalue weighted by Crippen LogP contribution is 2.39. The van der Waals surface area contributed by atoms with Crippen molar-refractivity contribution in [3.63, 3.8) is 0 Å². The van der Waals surface area contributed by atoms with Gasteiger partial charge in [0.25, 0.3) is 0 Å². The van der Waals surface area contributed by atoms with Gasteiger partial charge >= 0.3 is 0 Å². The maximum Gasteiger partial charge on any atom is 0.249 e. The van der Waals surface area contributed by atoms with Crippen LogP contribution in [0.2, 0.25) is 5.02 Å². The first-order chi connectivity index (χ1) is 14.9. The van der Waals surface area contributed by atoms with Crippen LogP contribution in [-0.4, -0.2) is 37.6 Å². The third-order valence-electron chi connectivity index (χ3n) is 5.33. The zero-order valence-electron chi connectivity index (χ0n) is 17.4. The number of nitrogens with zero attached hydrogens (tertiary/aromatic N) is 2. The number of aliphatic imine (C=N–C) groups is 1. The number of fused-ring (bicyclic) bond motifs is 1. The van der Waals surface area contributed by atoms with Crippen LogP contribution in [0.3, 0.4) is 0 Å². The molecular weight excluding hydrogens is 432 g/mol. The summed E-state index contributed by atoms with van der Waals surface area (Å²) in [5.41, 5.74) is 4.05. The van der Waals surface area contributed by atoms with Crippen LogP contribution < -0.4 is 9.64 Å². The summed E-state index contributed by atoms with van der Waals surface area (Å²) in [5.74, 6) is 0.326. The molecule has 1 aromatic heterocycles. The van der Waals surface area contributed by atoms with Gasteiger partial charge in [-0.2, -0.15) is 0 Å². The quantitative estimate of drug-likeness (QED) is 0.506. The van der Waals surface area contributed by atoms with Gasteiger partial charge in [0.05, 0.1) is 19.4 Å². The van der Waals surface area contributed by atoms with Crippen LogP contribution >= 0.6 is 22.9 Å². The molecule has 1 aliphatic rings. The SMILES string of the molecule is COc1ccc(C(=O)CN2C(=O)CN=C(c3cccc(Cl)c3)c3c2sc(C)c3C)cc1. The number of ether oxygens (including phenoxy) is 1. The van der Waals surface area contributed by atoms with E-state index in [2.05, 4.69) is 4.99 Å². The molecule has 0 bridgehead atoms. The second kappa shape index (κ2) is 8.65. The van der Waals surface area contributed by atoms with Gasteiger partial charge in [0.2, 0.25) is 5.91 Å². The number of aryl methyl sites for hydroxylation is 1. The van der Waals surface area contributed by atoms with Gasteiger partial charge in [-0.05, 0) is 55.8 Å². The molecule has 1 amide bonds. The molecule has 4 rings (SSSR count). The van der Waals surface area contributed by atoms with Crippen LogP contribution in [0.1, 0.15) is 31.9 Å². The number of carbonyl (C=O) groups excluding carboxylic acids is 2. The second-order valence-corrected chi connectivity index (χ2v) is 8.91. The fraction of sp³-hybridized carbons (Fsp3) is 0.208. The summed E-state index contributed by atoms with van der Waals surface area (Å²) in [6.45, 7) is 3.95. The smallest absolute Gasteiger partial charge is 0.249 e. The number of Topliss-reactive ketones (excluding diaryl/α,β-unsaturated/α-hetero) is 1. The number of anilines is 1. The van der Waals surface area contributed by atoms with Crippen LogP contribution in [-0.2, 0) is 4.79 Å². The molecule has 0 saturated carbocycles. The summed E-state index contributed by atoms with van der Waals surface area (Å²) in [5, 5.41) is 1.35. The molecule has 0 atom stereocenters. The first-order valence-corrected chi connectivity index (χ1v) is 11.0. The van der Waals surface area contributed by atoms with Crippen molar-refractivity contribution >= 4 is 45.3 Å². The lowest BCUT2D eigenvalue weighted by molar-refractivity contribution is -0.117. The summed E-state index contributed by atoms with van der Waals surface area (Å²) in [6, 6.07) is 14.4. The highest BCUT2D eigenvalue weighted by molar-refractivity contribution is 7.17. The van der Waals surface area contributed by atoms with E-state index in [1.54, 1.807) is 42.3 Å². The van der Waals surface area contributed by atoms with Crippen molar-refractivity contribution < 1.29 is 14.3 Å². The van der Waals surface area contributed by atoms with Gasteiger partial charge in [0.1, 0.15) is 17.3 Å². The number of carbonyl (C=O) groups is 2. The lowest BCUT2D eigenvalue weighted by atomic mass is 10.00. The van der Waals surface area contributed by atoms with E-state index in [1.165, 1.54) is 11.3 Å². The highest BCUT2D eigenvalue weighted by atomic mass is 35.5. The van der Waals surface area contributed by atoms with Crippen molar-refractivity contribution in [3.05, 3.63) is 80.7 Å². The summed E-state index contributed by atoms with van der Waals surface area (Å²) < 4.78 is 5.16. The standard InChI is InChI=1S/C24H21ClN2O3S/c1-14-15(2)31-24-22(14)23(17-5-4-6-18(25)11-17)26-12-21(29)27(24)13-20(28)16-7-9-19(30-3)10-8-16/h4-11H,12-13H2,1-3H3. The first kappa shape index (κ1) is 21.3. The molecule has 0 aliphatic carbocycles. The summed E-state index contributed by atoms with van der Waals surface area (Å²) in [6.07, 6.45) is 0. The average molecular weight is 453 g/mol. The van der Waals surface area contributed by atoms with Gasteiger partial charge in [-0.25, -0.2) is 0 Å². The Morgan fingerprint density at radius 1 is 1.19 bits per heavy atom. The number of amides is 1. The fourth-order valence-electron chi connectivity index (χ4n) is 3.55. The summed E-state index contributed by atoms with van der Waals surface area (Å²) in [7, 11) is 1.58. The van der Waals surface area contributed by atoms with Crippen LogP contribution in [0, 0.1) is 13.8 Å². The minimum absolute atomic E-state index is 0.0301. The predicted molar refractivity (Wildman–Crippen MR) is 125 cm³/mol. The molecule has 1 aliphatic heterocycles. The highest BCUT2D eigenvalue weighted by Gasteiger charge is 2.31. The number of methoxy groups -OCH3 is 1. The zero-order chi connectivity index (χ0) is 22.1. The molecule has 0 unspecified atom stereocenters. The Kier molecular flexibility index (Phi) is 5.94. The summed E-state index contributed by atoms with van der Waals surface area (Å²) in [4.78, 5) is 33.3. The Bertz CT molecular complexity index is 1200. The third kappa shape index (κ3) is 4.13. The molecule has 3 aromatic rings. The van der Waals surface area contributed by atoms with E-state index in [-0.39, 0.29) is 24.8 Å². The van der Waals surface area contributed by atoms with Crippen LogP contribution in [0.4, 0.5) is 5.00 Å². The fourth-order valence-corrected chi connectivity index (χ4v) is 4.91. The van der Waals surface area contributed by atoms with Gasteiger partial charge in [0.15, 0.2) is 5.78 Å². The Morgan fingerprint density at radius 2 is 1.94 bits per heavy atom. The van der Waals surface area contributed by atoms with E-state index in [9.17, 15) is 9.59 Å². The number of hydrogen-bond acceptors (Lipinski definition) is 5. The number of hydrogen-bond donors (Lipinski definition) is 0.